The summed E-state index contributed by atoms with van der Waals surface area (Å²) < 4.78 is 1.13. The Morgan fingerprint density at radius 1 is 1.28 bits per heavy atom. The maximum atomic E-state index is 6.29. The largest absolute Gasteiger partial charge is 0.370 e. The van der Waals surface area contributed by atoms with Crippen molar-refractivity contribution < 1.29 is 0 Å². The van der Waals surface area contributed by atoms with Crippen molar-refractivity contribution in [3.8, 4) is 0 Å². The molecule has 0 bridgehead atoms. The third kappa shape index (κ3) is 3.67. The SMILES string of the molecule is NC(=NCC1(c2cccc(Br)c2)CC1)N1CCN(c2nccs2)CC1. The Hall–Kier alpha value is -1.60. The van der Waals surface area contributed by atoms with Crippen LogP contribution in [0, 0.1) is 0 Å². The van der Waals surface area contributed by atoms with Crippen LogP contribution in [0.15, 0.2) is 45.3 Å². The predicted molar refractivity (Wildman–Crippen MR) is 107 cm³/mol. The molecule has 1 aromatic heterocycles. The van der Waals surface area contributed by atoms with Gasteiger partial charge in [0.15, 0.2) is 11.1 Å². The number of benzene rings is 1. The van der Waals surface area contributed by atoms with Crippen LogP contribution in [-0.2, 0) is 5.41 Å². The summed E-state index contributed by atoms with van der Waals surface area (Å²) in [6.07, 6.45) is 4.25. The number of nitrogens with two attached hydrogens (primary N) is 1. The second kappa shape index (κ2) is 6.96. The van der Waals surface area contributed by atoms with Crippen LogP contribution < -0.4 is 10.6 Å². The van der Waals surface area contributed by atoms with Gasteiger partial charge < -0.3 is 15.5 Å². The summed E-state index contributed by atoms with van der Waals surface area (Å²) in [7, 11) is 0. The molecule has 1 saturated carbocycles. The van der Waals surface area contributed by atoms with Crippen molar-refractivity contribution in [3.63, 3.8) is 0 Å². The van der Waals surface area contributed by atoms with Gasteiger partial charge in [0.2, 0.25) is 0 Å². The van der Waals surface area contributed by atoms with Crippen LogP contribution in [0.2, 0.25) is 0 Å². The molecule has 0 amide bonds. The van der Waals surface area contributed by atoms with Gasteiger partial charge in [0, 0.05) is 47.6 Å². The van der Waals surface area contributed by atoms with E-state index in [1.807, 2.05) is 11.6 Å². The zero-order valence-corrected chi connectivity index (χ0v) is 16.5. The van der Waals surface area contributed by atoms with E-state index in [2.05, 4.69) is 55.0 Å². The van der Waals surface area contributed by atoms with Crippen molar-refractivity contribution in [1.29, 1.82) is 0 Å². The average Bonchev–Trinajstić information content (AvgIpc) is 3.23. The van der Waals surface area contributed by atoms with Crippen molar-refractivity contribution in [3.05, 3.63) is 45.9 Å². The first kappa shape index (κ1) is 16.8. The summed E-state index contributed by atoms with van der Waals surface area (Å²) in [6, 6.07) is 8.59. The molecule has 2 N–H and O–H groups in total. The number of piperazine rings is 1. The van der Waals surface area contributed by atoms with Crippen LogP contribution in [0.3, 0.4) is 0 Å². The lowest BCUT2D eigenvalue weighted by Crippen LogP contribution is -2.51. The number of hydrogen-bond acceptors (Lipinski definition) is 4. The fourth-order valence-electron chi connectivity index (χ4n) is 3.34. The summed E-state index contributed by atoms with van der Waals surface area (Å²) in [4.78, 5) is 13.7. The van der Waals surface area contributed by atoms with Crippen LogP contribution in [-0.4, -0.2) is 48.6 Å². The van der Waals surface area contributed by atoms with Crippen molar-refractivity contribution in [2.75, 3.05) is 37.6 Å². The molecule has 1 saturated heterocycles. The average molecular weight is 420 g/mol. The summed E-state index contributed by atoms with van der Waals surface area (Å²) in [6.45, 7) is 4.47. The maximum absolute atomic E-state index is 6.29. The van der Waals surface area contributed by atoms with E-state index < -0.39 is 0 Å². The molecule has 2 aliphatic rings. The van der Waals surface area contributed by atoms with E-state index in [-0.39, 0.29) is 5.41 Å². The Labute approximate surface area is 160 Å². The second-order valence-electron chi connectivity index (χ2n) is 6.75. The molecule has 25 heavy (non-hydrogen) atoms. The van der Waals surface area contributed by atoms with Gasteiger partial charge in [-0.25, -0.2) is 4.98 Å². The zero-order chi connectivity index (χ0) is 17.3. The van der Waals surface area contributed by atoms with E-state index >= 15 is 0 Å². The smallest absolute Gasteiger partial charge is 0.191 e. The Balaban J connectivity index is 1.36. The molecular formula is C18H22BrN5S. The first-order valence-electron chi connectivity index (χ1n) is 8.62. The van der Waals surface area contributed by atoms with E-state index in [4.69, 9.17) is 10.7 Å². The summed E-state index contributed by atoms with van der Waals surface area (Å²) in [5, 5.41) is 3.12. The number of guanidine groups is 1. The normalized spacial score (nSPS) is 20.0. The van der Waals surface area contributed by atoms with Crippen LogP contribution in [0.5, 0.6) is 0 Å². The zero-order valence-electron chi connectivity index (χ0n) is 14.1. The molecule has 0 spiro atoms. The van der Waals surface area contributed by atoms with Gasteiger partial charge in [0.25, 0.3) is 0 Å². The summed E-state index contributed by atoms with van der Waals surface area (Å²) in [5.74, 6) is 0.681. The standard InChI is InChI=1S/C18H22BrN5S/c19-15-3-1-2-14(12-15)18(4-5-18)13-22-16(20)23-7-9-24(10-8-23)17-21-6-11-25-17/h1-3,6,11-12H,4-5,7-10,13H2,(H2,20,22). The summed E-state index contributed by atoms with van der Waals surface area (Å²) in [5.41, 5.74) is 7.85. The lowest BCUT2D eigenvalue weighted by atomic mass is 9.96. The molecule has 4 rings (SSSR count). The first-order valence-corrected chi connectivity index (χ1v) is 10.3. The van der Waals surface area contributed by atoms with Crippen LogP contribution >= 0.6 is 27.3 Å². The molecule has 0 radical (unpaired) electrons. The molecule has 0 atom stereocenters. The minimum atomic E-state index is 0.192. The second-order valence-corrected chi connectivity index (χ2v) is 8.54. The van der Waals surface area contributed by atoms with Gasteiger partial charge in [-0.1, -0.05) is 28.1 Å². The van der Waals surface area contributed by atoms with Crippen LogP contribution in [0.4, 0.5) is 5.13 Å². The minimum absolute atomic E-state index is 0.192. The van der Waals surface area contributed by atoms with Gasteiger partial charge >= 0.3 is 0 Å². The number of rotatable bonds is 4. The van der Waals surface area contributed by atoms with Gasteiger partial charge in [-0.2, -0.15) is 0 Å². The predicted octanol–water partition coefficient (Wildman–Crippen LogP) is 3.07. The van der Waals surface area contributed by atoms with Crippen LogP contribution in [0.25, 0.3) is 0 Å². The van der Waals surface area contributed by atoms with E-state index in [1.54, 1.807) is 11.3 Å². The Morgan fingerprint density at radius 3 is 2.72 bits per heavy atom. The molecule has 2 aromatic rings. The highest BCUT2D eigenvalue weighted by Crippen LogP contribution is 2.48. The van der Waals surface area contributed by atoms with E-state index in [0.717, 1.165) is 42.3 Å². The Bertz CT molecular complexity index is 749. The van der Waals surface area contributed by atoms with E-state index in [9.17, 15) is 0 Å². The third-order valence-electron chi connectivity index (χ3n) is 5.13. The number of hydrogen-bond donors (Lipinski definition) is 1. The molecule has 7 heteroatoms. The van der Waals surface area contributed by atoms with Crippen molar-refractivity contribution in [2.45, 2.75) is 18.3 Å². The lowest BCUT2D eigenvalue weighted by Gasteiger charge is -2.35. The molecule has 132 valence electrons. The number of anilines is 1. The highest BCUT2D eigenvalue weighted by Gasteiger charge is 2.44. The quantitative estimate of drug-likeness (QED) is 0.610. The molecule has 2 heterocycles. The first-order chi connectivity index (χ1) is 12.2. The van der Waals surface area contributed by atoms with Gasteiger partial charge in [-0.15, -0.1) is 11.3 Å². The van der Waals surface area contributed by atoms with Crippen LogP contribution in [0.1, 0.15) is 18.4 Å². The topological polar surface area (TPSA) is 57.8 Å². The molecule has 1 aliphatic carbocycles. The molecule has 1 aliphatic heterocycles. The maximum Gasteiger partial charge on any atom is 0.191 e. The molecular weight excluding hydrogens is 398 g/mol. The fourth-order valence-corrected chi connectivity index (χ4v) is 4.43. The van der Waals surface area contributed by atoms with Crippen molar-refractivity contribution >= 4 is 38.4 Å². The third-order valence-corrected chi connectivity index (χ3v) is 6.45. The molecule has 1 aromatic carbocycles. The van der Waals surface area contributed by atoms with Gasteiger partial charge in [0.05, 0.1) is 6.54 Å². The fraction of sp³-hybridized carbons (Fsp3) is 0.444. The number of aromatic nitrogens is 1. The van der Waals surface area contributed by atoms with Gasteiger partial charge in [-0.3, -0.25) is 4.99 Å². The van der Waals surface area contributed by atoms with E-state index in [0.29, 0.717) is 5.96 Å². The lowest BCUT2D eigenvalue weighted by molar-refractivity contribution is 0.380. The highest BCUT2D eigenvalue weighted by molar-refractivity contribution is 9.10. The Morgan fingerprint density at radius 2 is 2.08 bits per heavy atom. The number of aliphatic imine (C=N–C) groups is 1. The number of halogens is 1. The number of thiazole rings is 1. The molecule has 0 unspecified atom stereocenters. The molecule has 5 nitrogen and oxygen atoms in total. The van der Waals surface area contributed by atoms with Gasteiger partial charge in [-0.05, 0) is 30.5 Å². The van der Waals surface area contributed by atoms with Gasteiger partial charge in [0.1, 0.15) is 0 Å². The monoisotopic (exact) mass is 419 g/mol. The van der Waals surface area contributed by atoms with E-state index in [1.165, 1.54) is 18.4 Å². The Kier molecular flexibility index (Phi) is 4.69. The minimum Gasteiger partial charge on any atom is -0.370 e. The van der Waals surface area contributed by atoms with Crippen molar-refractivity contribution in [1.82, 2.24) is 9.88 Å². The summed E-state index contributed by atoms with van der Waals surface area (Å²) >= 11 is 5.26. The number of nitrogens with zero attached hydrogens (tertiary/aromatic N) is 4. The molecule has 2 fully saturated rings. The highest BCUT2D eigenvalue weighted by atomic mass is 79.9. The van der Waals surface area contributed by atoms with Crippen molar-refractivity contribution in [2.24, 2.45) is 10.7 Å².